The zero-order valence-corrected chi connectivity index (χ0v) is 14.3. The molecule has 2 rings (SSSR count). The van der Waals surface area contributed by atoms with Crippen molar-refractivity contribution in [3.05, 3.63) is 12.2 Å². The molecule has 1 N–H and O–H groups in total. The van der Waals surface area contributed by atoms with Crippen molar-refractivity contribution in [2.75, 3.05) is 21.1 Å². The molecule has 1 fully saturated rings. The quantitative estimate of drug-likeness (QED) is 0.834. The van der Waals surface area contributed by atoms with Crippen molar-refractivity contribution in [1.29, 1.82) is 0 Å². The zero-order valence-electron chi connectivity index (χ0n) is 14.3. The molecule has 0 bridgehead atoms. The summed E-state index contributed by atoms with van der Waals surface area (Å²) in [5.74, 6) is 1.70. The van der Waals surface area contributed by atoms with Gasteiger partial charge < -0.3 is 10.2 Å². The molecule has 0 spiro atoms. The summed E-state index contributed by atoms with van der Waals surface area (Å²) in [7, 11) is 6.51. The van der Waals surface area contributed by atoms with Gasteiger partial charge in [-0.05, 0) is 39.9 Å². The third-order valence-electron chi connectivity index (χ3n) is 4.98. The second-order valence-electron chi connectivity index (χ2n) is 7.00. The van der Waals surface area contributed by atoms with Gasteiger partial charge in [0.1, 0.15) is 12.2 Å². The molecule has 1 aromatic rings. The van der Waals surface area contributed by atoms with Gasteiger partial charge >= 0.3 is 0 Å². The minimum Gasteiger partial charge on any atom is -0.315 e. The summed E-state index contributed by atoms with van der Waals surface area (Å²) >= 11 is 0. The highest BCUT2D eigenvalue weighted by Gasteiger charge is 2.42. The Morgan fingerprint density at radius 1 is 1.33 bits per heavy atom. The van der Waals surface area contributed by atoms with Gasteiger partial charge in [-0.3, -0.25) is 0 Å². The highest BCUT2D eigenvalue weighted by atomic mass is 15.3. The summed E-state index contributed by atoms with van der Waals surface area (Å²) in [6, 6.07) is 0.421. The fourth-order valence-corrected chi connectivity index (χ4v) is 3.78. The van der Waals surface area contributed by atoms with Crippen LogP contribution in [0.5, 0.6) is 0 Å². The highest BCUT2D eigenvalue weighted by Crippen LogP contribution is 2.37. The van der Waals surface area contributed by atoms with E-state index >= 15 is 0 Å². The molecule has 0 aromatic carbocycles. The Kier molecular flexibility index (Phi) is 5.38. The van der Waals surface area contributed by atoms with Gasteiger partial charge in [0.2, 0.25) is 0 Å². The van der Waals surface area contributed by atoms with Crippen LogP contribution in [0.25, 0.3) is 0 Å². The average Bonchev–Trinajstić information content (AvgIpc) is 3.05. The van der Waals surface area contributed by atoms with E-state index in [-0.39, 0.29) is 5.54 Å². The van der Waals surface area contributed by atoms with Crippen molar-refractivity contribution in [2.45, 2.75) is 64.1 Å². The van der Waals surface area contributed by atoms with Crippen molar-refractivity contribution < 1.29 is 0 Å². The van der Waals surface area contributed by atoms with Gasteiger partial charge in [-0.1, -0.05) is 26.7 Å². The lowest BCUT2D eigenvalue weighted by Gasteiger charge is -2.43. The minimum atomic E-state index is 0.253. The number of hydrogen-bond donors (Lipinski definition) is 1. The van der Waals surface area contributed by atoms with Crippen LogP contribution in [-0.2, 0) is 13.0 Å². The van der Waals surface area contributed by atoms with E-state index in [1.54, 1.807) is 6.33 Å². The summed E-state index contributed by atoms with van der Waals surface area (Å²) in [5, 5.41) is 7.96. The number of rotatable bonds is 7. The Morgan fingerprint density at radius 2 is 2.00 bits per heavy atom. The molecule has 21 heavy (non-hydrogen) atoms. The van der Waals surface area contributed by atoms with E-state index in [9.17, 15) is 0 Å². The predicted molar refractivity (Wildman–Crippen MR) is 86.3 cm³/mol. The maximum absolute atomic E-state index is 4.51. The molecule has 120 valence electrons. The topological polar surface area (TPSA) is 46.0 Å². The molecular weight excluding hydrogens is 262 g/mol. The standard InChI is InChI=1S/C16H31N5/c1-13(2)11-21-15(18-12-19-21)10-14(17-3)16(20(4)5)8-6-7-9-16/h12-14,17H,6-11H2,1-5H3. The lowest BCUT2D eigenvalue weighted by molar-refractivity contribution is 0.106. The van der Waals surface area contributed by atoms with E-state index in [4.69, 9.17) is 0 Å². The molecule has 0 aliphatic heterocycles. The lowest BCUT2D eigenvalue weighted by Crippen LogP contribution is -2.57. The van der Waals surface area contributed by atoms with Crippen LogP contribution in [0.4, 0.5) is 0 Å². The van der Waals surface area contributed by atoms with E-state index in [0.717, 1.165) is 18.8 Å². The van der Waals surface area contributed by atoms with E-state index < -0.39 is 0 Å². The Labute approximate surface area is 129 Å². The molecule has 0 amide bonds. The average molecular weight is 293 g/mol. The monoisotopic (exact) mass is 293 g/mol. The molecule has 1 unspecified atom stereocenters. The molecule has 5 heteroatoms. The Balaban J connectivity index is 2.17. The van der Waals surface area contributed by atoms with Gasteiger partial charge in [0.15, 0.2) is 0 Å². The van der Waals surface area contributed by atoms with E-state index in [2.05, 4.69) is 60.0 Å². The summed E-state index contributed by atoms with van der Waals surface area (Å²) in [6.45, 7) is 5.39. The first-order valence-electron chi connectivity index (χ1n) is 8.21. The summed E-state index contributed by atoms with van der Waals surface area (Å²) in [5.41, 5.74) is 0.253. The predicted octanol–water partition coefficient (Wildman–Crippen LogP) is 1.94. The molecular formula is C16H31N5. The Hall–Kier alpha value is -0.940. The molecule has 0 radical (unpaired) electrons. The first-order chi connectivity index (χ1) is 9.99. The summed E-state index contributed by atoms with van der Waals surface area (Å²) in [6.07, 6.45) is 7.83. The van der Waals surface area contributed by atoms with Crippen molar-refractivity contribution in [1.82, 2.24) is 25.0 Å². The second-order valence-corrected chi connectivity index (χ2v) is 7.00. The Bertz CT molecular complexity index is 432. The second kappa shape index (κ2) is 6.88. The van der Waals surface area contributed by atoms with Gasteiger partial charge in [-0.2, -0.15) is 5.10 Å². The molecule has 1 atom stereocenters. The van der Waals surface area contributed by atoms with E-state index in [0.29, 0.717) is 12.0 Å². The van der Waals surface area contributed by atoms with Crippen LogP contribution in [-0.4, -0.2) is 52.4 Å². The van der Waals surface area contributed by atoms with Gasteiger partial charge in [0.05, 0.1) is 0 Å². The minimum absolute atomic E-state index is 0.253. The smallest absolute Gasteiger partial charge is 0.138 e. The number of likely N-dealkylation sites (N-methyl/N-ethyl adjacent to an activating group) is 2. The summed E-state index contributed by atoms with van der Waals surface area (Å²) in [4.78, 5) is 6.93. The largest absolute Gasteiger partial charge is 0.315 e. The van der Waals surface area contributed by atoms with E-state index in [1.807, 2.05) is 0 Å². The van der Waals surface area contributed by atoms with Crippen molar-refractivity contribution in [3.8, 4) is 0 Å². The summed E-state index contributed by atoms with van der Waals surface area (Å²) < 4.78 is 2.08. The van der Waals surface area contributed by atoms with Gasteiger partial charge in [-0.25, -0.2) is 9.67 Å². The number of nitrogens with zero attached hydrogens (tertiary/aromatic N) is 4. The maximum atomic E-state index is 4.51. The van der Waals surface area contributed by atoms with Crippen LogP contribution >= 0.6 is 0 Å². The Morgan fingerprint density at radius 3 is 2.52 bits per heavy atom. The molecule has 0 saturated heterocycles. The van der Waals surface area contributed by atoms with Crippen molar-refractivity contribution in [3.63, 3.8) is 0 Å². The van der Waals surface area contributed by atoms with Crippen molar-refractivity contribution in [2.24, 2.45) is 5.92 Å². The van der Waals surface area contributed by atoms with Crippen LogP contribution < -0.4 is 5.32 Å². The van der Waals surface area contributed by atoms with E-state index in [1.165, 1.54) is 25.7 Å². The SMILES string of the molecule is CNC(Cc1ncnn1CC(C)C)C1(N(C)C)CCCC1. The number of nitrogens with one attached hydrogen (secondary N) is 1. The maximum Gasteiger partial charge on any atom is 0.138 e. The first-order valence-corrected chi connectivity index (χ1v) is 8.21. The van der Waals surface area contributed by atoms with Crippen LogP contribution in [0.2, 0.25) is 0 Å². The van der Waals surface area contributed by atoms with Crippen LogP contribution in [0.15, 0.2) is 6.33 Å². The number of hydrogen-bond acceptors (Lipinski definition) is 4. The lowest BCUT2D eigenvalue weighted by atomic mass is 9.84. The zero-order chi connectivity index (χ0) is 15.5. The van der Waals surface area contributed by atoms with Crippen molar-refractivity contribution >= 4 is 0 Å². The third-order valence-corrected chi connectivity index (χ3v) is 4.98. The third kappa shape index (κ3) is 3.46. The fourth-order valence-electron chi connectivity index (χ4n) is 3.78. The number of aromatic nitrogens is 3. The van der Waals surface area contributed by atoms with Crippen LogP contribution in [0.3, 0.4) is 0 Å². The molecule has 1 aliphatic carbocycles. The highest BCUT2D eigenvalue weighted by molar-refractivity contribution is 5.05. The van der Waals surface area contributed by atoms with Gasteiger partial charge in [0, 0.05) is 24.5 Å². The first kappa shape index (κ1) is 16.4. The van der Waals surface area contributed by atoms with Gasteiger partial charge in [0.25, 0.3) is 0 Å². The normalized spacial score (nSPS) is 19.6. The van der Waals surface area contributed by atoms with Gasteiger partial charge in [-0.15, -0.1) is 0 Å². The fraction of sp³-hybridized carbons (Fsp3) is 0.875. The molecule has 1 aliphatic rings. The molecule has 5 nitrogen and oxygen atoms in total. The van der Waals surface area contributed by atoms with Crippen LogP contribution in [0.1, 0.15) is 45.4 Å². The molecule has 1 heterocycles. The molecule has 1 saturated carbocycles. The van der Waals surface area contributed by atoms with Crippen LogP contribution in [0, 0.1) is 5.92 Å². The molecule has 1 aromatic heterocycles.